The SMILES string of the molecule is CCCCCC1CCC(C2CCC(C(=O)Cc3ccc(F)c(F)c3)CC2)CC1. The van der Waals surface area contributed by atoms with Crippen molar-refractivity contribution in [3.63, 3.8) is 0 Å². The predicted octanol–water partition coefficient (Wildman–Crippen LogP) is 7.27. The Hall–Kier alpha value is -1.25. The first-order valence-electron chi connectivity index (χ1n) is 11.5. The molecule has 0 heterocycles. The zero-order valence-electron chi connectivity index (χ0n) is 17.4. The number of benzene rings is 1. The van der Waals surface area contributed by atoms with Crippen LogP contribution in [-0.4, -0.2) is 5.78 Å². The topological polar surface area (TPSA) is 17.1 Å². The largest absolute Gasteiger partial charge is 0.299 e. The minimum atomic E-state index is -0.862. The molecule has 0 spiro atoms. The first kappa shape index (κ1) is 21.5. The average molecular weight is 391 g/mol. The van der Waals surface area contributed by atoms with E-state index in [0.717, 1.165) is 42.7 Å². The molecule has 1 aromatic carbocycles. The van der Waals surface area contributed by atoms with Crippen molar-refractivity contribution >= 4 is 5.78 Å². The number of hydrogen-bond donors (Lipinski definition) is 0. The van der Waals surface area contributed by atoms with Gasteiger partial charge >= 0.3 is 0 Å². The number of carbonyl (C=O) groups excluding carboxylic acids is 1. The third kappa shape index (κ3) is 5.87. The molecular formula is C25H36F2O. The fraction of sp³-hybridized carbons (Fsp3) is 0.720. The van der Waals surface area contributed by atoms with Gasteiger partial charge < -0.3 is 0 Å². The van der Waals surface area contributed by atoms with Crippen LogP contribution in [-0.2, 0) is 11.2 Å². The lowest BCUT2D eigenvalue weighted by atomic mass is 9.68. The quantitative estimate of drug-likeness (QED) is 0.427. The Bertz CT molecular complexity index is 625. The Morgan fingerprint density at radius 3 is 2.14 bits per heavy atom. The van der Waals surface area contributed by atoms with Crippen molar-refractivity contribution < 1.29 is 13.6 Å². The van der Waals surface area contributed by atoms with E-state index in [4.69, 9.17) is 0 Å². The van der Waals surface area contributed by atoms with E-state index in [2.05, 4.69) is 6.92 Å². The summed E-state index contributed by atoms with van der Waals surface area (Å²) in [5.74, 6) is 1.21. The van der Waals surface area contributed by atoms with Crippen molar-refractivity contribution in [1.82, 2.24) is 0 Å². The van der Waals surface area contributed by atoms with Gasteiger partial charge in [-0.25, -0.2) is 8.78 Å². The number of ketones is 1. The number of unbranched alkanes of at least 4 members (excludes halogenated alkanes) is 2. The van der Waals surface area contributed by atoms with E-state index in [1.54, 1.807) is 0 Å². The van der Waals surface area contributed by atoms with Crippen LogP contribution in [0, 0.1) is 35.3 Å². The lowest BCUT2D eigenvalue weighted by Gasteiger charge is -2.37. The molecule has 2 aliphatic rings. The molecule has 0 N–H and O–H groups in total. The van der Waals surface area contributed by atoms with Crippen LogP contribution in [0.1, 0.15) is 89.5 Å². The second-order valence-corrected chi connectivity index (χ2v) is 9.28. The maximum absolute atomic E-state index is 13.4. The van der Waals surface area contributed by atoms with Gasteiger partial charge in [0.15, 0.2) is 11.6 Å². The van der Waals surface area contributed by atoms with Gasteiger partial charge in [-0.1, -0.05) is 51.5 Å². The van der Waals surface area contributed by atoms with Crippen LogP contribution in [0.3, 0.4) is 0 Å². The van der Waals surface area contributed by atoms with E-state index in [0.29, 0.717) is 5.56 Å². The second kappa shape index (κ2) is 10.5. The van der Waals surface area contributed by atoms with Gasteiger partial charge in [0.2, 0.25) is 0 Å². The van der Waals surface area contributed by atoms with E-state index >= 15 is 0 Å². The molecule has 0 radical (unpaired) electrons. The van der Waals surface area contributed by atoms with E-state index in [9.17, 15) is 13.6 Å². The van der Waals surface area contributed by atoms with Gasteiger partial charge in [0.1, 0.15) is 5.78 Å². The molecule has 0 aliphatic heterocycles. The molecule has 2 fully saturated rings. The van der Waals surface area contributed by atoms with Gasteiger partial charge in [0.05, 0.1) is 0 Å². The normalized spacial score (nSPS) is 28.2. The molecule has 3 heteroatoms. The lowest BCUT2D eigenvalue weighted by molar-refractivity contribution is -0.123. The van der Waals surface area contributed by atoms with Crippen LogP contribution in [0.25, 0.3) is 0 Å². The van der Waals surface area contributed by atoms with Crippen LogP contribution in [0.4, 0.5) is 8.78 Å². The molecule has 0 amide bonds. The van der Waals surface area contributed by atoms with Gasteiger partial charge in [-0.2, -0.15) is 0 Å². The molecule has 156 valence electrons. The van der Waals surface area contributed by atoms with Gasteiger partial charge in [-0.05, 0) is 74.0 Å². The summed E-state index contributed by atoms with van der Waals surface area (Å²) in [4.78, 5) is 12.6. The zero-order valence-corrected chi connectivity index (χ0v) is 17.4. The van der Waals surface area contributed by atoms with E-state index in [-0.39, 0.29) is 18.1 Å². The maximum Gasteiger partial charge on any atom is 0.159 e. The molecule has 28 heavy (non-hydrogen) atoms. The van der Waals surface area contributed by atoms with E-state index in [1.807, 2.05) is 0 Å². The minimum absolute atomic E-state index is 0.106. The minimum Gasteiger partial charge on any atom is -0.299 e. The fourth-order valence-corrected chi connectivity index (χ4v) is 5.54. The van der Waals surface area contributed by atoms with Crippen molar-refractivity contribution in [1.29, 1.82) is 0 Å². The van der Waals surface area contributed by atoms with Gasteiger partial charge in [-0.15, -0.1) is 0 Å². The average Bonchev–Trinajstić information content (AvgIpc) is 2.72. The second-order valence-electron chi connectivity index (χ2n) is 9.28. The molecule has 1 nitrogen and oxygen atoms in total. The van der Waals surface area contributed by atoms with Crippen LogP contribution in [0.5, 0.6) is 0 Å². The first-order valence-corrected chi connectivity index (χ1v) is 11.5. The number of hydrogen-bond acceptors (Lipinski definition) is 1. The van der Waals surface area contributed by atoms with Crippen LogP contribution >= 0.6 is 0 Å². The Labute approximate surface area is 169 Å². The smallest absolute Gasteiger partial charge is 0.159 e. The summed E-state index contributed by atoms with van der Waals surface area (Å²) in [5, 5.41) is 0. The van der Waals surface area contributed by atoms with E-state index < -0.39 is 11.6 Å². The molecule has 1 aromatic rings. The Morgan fingerprint density at radius 1 is 0.893 bits per heavy atom. The van der Waals surface area contributed by atoms with Crippen molar-refractivity contribution in [2.75, 3.05) is 0 Å². The molecule has 0 aromatic heterocycles. The van der Waals surface area contributed by atoms with Crippen molar-refractivity contribution in [3.8, 4) is 0 Å². The highest BCUT2D eigenvalue weighted by molar-refractivity contribution is 5.83. The monoisotopic (exact) mass is 390 g/mol. The summed E-state index contributed by atoms with van der Waals surface area (Å²) < 4.78 is 26.4. The third-order valence-corrected chi connectivity index (χ3v) is 7.36. The van der Waals surface area contributed by atoms with Crippen LogP contribution in [0.15, 0.2) is 18.2 Å². The Morgan fingerprint density at radius 2 is 1.54 bits per heavy atom. The first-order chi connectivity index (χ1) is 13.6. The molecule has 0 atom stereocenters. The third-order valence-electron chi connectivity index (χ3n) is 7.36. The number of rotatable bonds is 8. The standard InChI is InChI=1S/C25H36F2O/c1-2-3-4-5-18-6-9-20(10-7-18)21-11-13-22(14-12-21)25(28)17-19-8-15-23(26)24(27)16-19/h8,15-16,18,20-22H,2-7,9-14,17H2,1H3. The summed E-state index contributed by atoms with van der Waals surface area (Å²) in [6.07, 6.45) is 15.6. The summed E-state index contributed by atoms with van der Waals surface area (Å²) >= 11 is 0. The summed E-state index contributed by atoms with van der Waals surface area (Å²) in [5.41, 5.74) is 0.590. The van der Waals surface area contributed by atoms with Crippen molar-refractivity contribution in [3.05, 3.63) is 35.4 Å². The highest BCUT2D eigenvalue weighted by atomic mass is 19.2. The van der Waals surface area contributed by atoms with Gasteiger partial charge in [-0.3, -0.25) is 4.79 Å². The Balaban J connectivity index is 1.39. The maximum atomic E-state index is 13.4. The molecule has 0 bridgehead atoms. The number of carbonyl (C=O) groups is 1. The predicted molar refractivity (Wildman–Crippen MR) is 110 cm³/mol. The molecule has 2 aliphatic carbocycles. The highest BCUT2D eigenvalue weighted by Crippen LogP contribution is 2.42. The Kier molecular flexibility index (Phi) is 8.05. The van der Waals surface area contributed by atoms with E-state index in [1.165, 1.54) is 70.3 Å². The molecule has 2 saturated carbocycles. The summed E-state index contributed by atoms with van der Waals surface area (Å²) in [6, 6.07) is 3.81. The van der Waals surface area contributed by atoms with Crippen LogP contribution < -0.4 is 0 Å². The molecule has 0 saturated heterocycles. The van der Waals surface area contributed by atoms with Gasteiger partial charge in [0.25, 0.3) is 0 Å². The molecular weight excluding hydrogens is 354 g/mol. The van der Waals surface area contributed by atoms with Gasteiger partial charge in [0, 0.05) is 12.3 Å². The number of Topliss-reactive ketones (excluding diaryl/α,β-unsaturated/α-hetero) is 1. The van der Waals surface area contributed by atoms with Crippen molar-refractivity contribution in [2.24, 2.45) is 23.7 Å². The van der Waals surface area contributed by atoms with Crippen molar-refractivity contribution in [2.45, 2.75) is 90.4 Å². The fourth-order valence-electron chi connectivity index (χ4n) is 5.54. The summed E-state index contributed by atoms with van der Waals surface area (Å²) in [7, 11) is 0. The lowest BCUT2D eigenvalue weighted by Crippen LogP contribution is -2.29. The highest BCUT2D eigenvalue weighted by Gasteiger charge is 2.32. The molecule has 0 unspecified atom stereocenters. The van der Waals surface area contributed by atoms with Crippen LogP contribution in [0.2, 0.25) is 0 Å². The zero-order chi connectivity index (χ0) is 19.9. The summed E-state index contributed by atoms with van der Waals surface area (Å²) in [6.45, 7) is 2.27. The number of halogens is 2. The molecule has 3 rings (SSSR count).